The summed E-state index contributed by atoms with van der Waals surface area (Å²) < 4.78 is 22.0. The molecule has 4 atom stereocenters. The van der Waals surface area contributed by atoms with Gasteiger partial charge in [-0.05, 0) is 20.3 Å². The molecule has 5 heteroatoms. The van der Waals surface area contributed by atoms with E-state index in [2.05, 4.69) is 0 Å². The molecule has 0 saturated carbocycles. The molecule has 0 spiro atoms. The summed E-state index contributed by atoms with van der Waals surface area (Å²) in [4.78, 5) is 11.7. The third-order valence-corrected chi connectivity index (χ3v) is 3.09. The van der Waals surface area contributed by atoms with Crippen LogP contribution in [0.4, 0.5) is 0 Å². The van der Waals surface area contributed by atoms with Crippen LogP contribution >= 0.6 is 0 Å². The number of esters is 1. The number of allylic oxidation sites excluding steroid dienone is 1. The Bertz CT molecular complexity index is 349. The topological polar surface area (TPSA) is 54.0 Å². The minimum atomic E-state index is -0.755. The van der Waals surface area contributed by atoms with Crippen LogP contribution in [0, 0.1) is 0 Å². The van der Waals surface area contributed by atoms with E-state index in [0.717, 1.165) is 6.42 Å². The molecule has 18 heavy (non-hydrogen) atoms. The van der Waals surface area contributed by atoms with Crippen LogP contribution in [0.2, 0.25) is 0 Å². The van der Waals surface area contributed by atoms with Crippen LogP contribution in [0.1, 0.15) is 27.2 Å². The van der Waals surface area contributed by atoms with Crippen molar-refractivity contribution in [2.24, 2.45) is 0 Å². The highest BCUT2D eigenvalue weighted by Gasteiger charge is 2.55. The lowest BCUT2D eigenvalue weighted by Crippen LogP contribution is -2.54. The van der Waals surface area contributed by atoms with E-state index in [1.165, 1.54) is 7.11 Å². The van der Waals surface area contributed by atoms with Gasteiger partial charge in [0.25, 0.3) is 0 Å². The molecular weight excluding hydrogens is 236 g/mol. The molecule has 0 aromatic rings. The van der Waals surface area contributed by atoms with Gasteiger partial charge in [0.05, 0.1) is 0 Å². The molecule has 2 aliphatic heterocycles. The first-order chi connectivity index (χ1) is 8.48. The van der Waals surface area contributed by atoms with Gasteiger partial charge in [0.1, 0.15) is 12.2 Å². The van der Waals surface area contributed by atoms with Crippen molar-refractivity contribution in [2.45, 2.75) is 57.4 Å². The van der Waals surface area contributed by atoms with Crippen LogP contribution in [0.25, 0.3) is 0 Å². The lowest BCUT2D eigenvalue weighted by molar-refractivity contribution is -0.318. The number of hydrogen-bond donors (Lipinski definition) is 0. The normalized spacial score (nSPS) is 38.8. The van der Waals surface area contributed by atoms with Gasteiger partial charge < -0.3 is 18.9 Å². The molecule has 0 radical (unpaired) electrons. The third-order valence-electron chi connectivity index (χ3n) is 3.09. The SMILES string of the molecule is CC/C=C/[C@H]1OC(C)(C)O[C@@H]2[C@@H]1OC(=O)[C@@H]2OC. The lowest BCUT2D eigenvalue weighted by atomic mass is 10.0. The van der Waals surface area contributed by atoms with Crippen molar-refractivity contribution < 1.29 is 23.7 Å². The quantitative estimate of drug-likeness (QED) is 0.564. The van der Waals surface area contributed by atoms with Crippen LogP contribution in [0.3, 0.4) is 0 Å². The Morgan fingerprint density at radius 1 is 1.33 bits per heavy atom. The van der Waals surface area contributed by atoms with Crippen molar-refractivity contribution in [3.05, 3.63) is 12.2 Å². The highest BCUT2D eigenvalue weighted by Crippen LogP contribution is 2.36. The second-order valence-corrected chi connectivity index (χ2v) is 4.96. The maximum absolute atomic E-state index is 11.7. The highest BCUT2D eigenvalue weighted by molar-refractivity contribution is 5.78. The van der Waals surface area contributed by atoms with E-state index in [9.17, 15) is 4.79 Å². The number of carbonyl (C=O) groups is 1. The molecule has 0 amide bonds. The van der Waals surface area contributed by atoms with Gasteiger partial charge in [-0.3, -0.25) is 0 Å². The van der Waals surface area contributed by atoms with Gasteiger partial charge in [-0.2, -0.15) is 0 Å². The molecule has 0 aromatic carbocycles. The van der Waals surface area contributed by atoms with Crippen molar-refractivity contribution >= 4 is 5.97 Å². The number of fused-ring (bicyclic) bond motifs is 1. The average Bonchev–Trinajstić information content (AvgIpc) is 2.60. The maximum Gasteiger partial charge on any atom is 0.338 e. The molecule has 102 valence electrons. The van der Waals surface area contributed by atoms with Gasteiger partial charge in [0.15, 0.2) is 18.0 Å². The van der Waals surface area contributed by atoms with Crippen LogP contribution < -0.4 is 0 Å². The van der Waals surface area contributed by atoms with Crippen LogP contribution in [0.5, 0.6) is 0 Å². The molecule has 2 saturated heterocycles. The predicted octanol–water partition coefficient (Wildman–Crippen LogP) is 1.41. The molecule has 2 aliphatic rings. The van der Waals surface area contributed by atoms with E-state index in [1.54, 1.807) is 0 Å². The van der Waals surface area contributed by atoms with E-state index < -0.39 is 24.1 Å². The average molecular weight is 256 g/mol. The molecule has 2 rings (SSSR count). The summed E-state index contributed by atoms with van der Waals surface area (Å²) in [6.45, 7) is 5.69. The van der Waals surface area contributed by atoms with Crippen molar-refractivity contribution in [1.82, 2.24) is 0 Å². The molecule has 0 aliphatic carbocycles. The number of ether oxygens (including phenoxy) is 4. The van der Waals surface area contributed by atoms with Crippen molar-refractivity contribution in [3.8, 4) is 0 Å². The number of methoxy groups -OCH3 is 1. The molecule has 0 N–H and O–H groups in total. The van der Waals surface area contributed by atoms with Crippen LogP contribution in [0.15, 0.2) is 12.2 Å². The maximum atomic E-state index is 11.7. The Kier molecular flexibility index (Phi) is 3.75. The molecular formula is C13H20O5. The second kappa shape index (κ2) is 4.99. The smallest absolute Gasteiger partial charge is 0.338 e. The zero-order valence-corrected chi connectivity index (χ0v) is 11.2. The third kappa shape index (κ3) is 2.43. The molecule has 0 unspecified atom stereocenters. The largest absolute Gasteiger partial charge is 0.454 e. The minimum Gasteiger partial charge on any atom is -0.454 e. The Hall–Kier alpha value is -0.910. The molecule has 0 aromatic heterocycles. The number of rotatable bonds is 3. The summed E-state index contributed by atoms with van der Waals surface area (Å²) in [5.74, 6) is -1.14. The van der Waals surface area contributed by atoms with Gasteiger partial charge in [-0.1, -0.05) is 19.1 Å². The van der Waals surface area contributed by atoms with Gasteiger partial charge >= 0.3 is 5.97 Å². The van der Waals surface area contributed by atoms with E-state index in [0.29, 0.717) is 0 Å². The summed E-state index contributed by atoms with van der Waals surface area (Å²) in [7, 11) is 1.48. The summed E-state index contributed by atoms with van der Waals surface area (Å²) >= 11 is 0. The Morgan fingerprint density at radius 3 is 2.67 bits per heavy atom. The molecule has 0 bridgehead atoms. The monoisotopic (exact) mass is 256 g/mol. The van der Waals surface area contributed by atoms with Gasteiger partial charge in [-0.25, -0.2) is 4.79 Å². The van der Waals surface area contributed by atoms with Crippen molar-refractivity contribution in [1.29, 1.82) is 0 Å². The Balaban J connectivity index is 2.23. The molecule has 2 heterocycles. The molecule has 2 fully saturated rings. The first-order valence-corrected chi connectivity index (χ1v) is 6.24. The van der Waals surface area contributed by atoms with E-state index >= 15 is 0 Å². The Labute approximate surface area is 107 Å². The fourth-order valence-electron chi connectivity index (χ4n) is 2.36. The van der Waals surface area contributed by atoms with E-state index in [4.69, 9.17) is 18.9 Å². The first-order valence-electron chi connectivity index (χ1n) is 6.24. The highest BCUT2D eigenvalue weighted by atomic mass is 16.8. The van der Waals surface area contributed by atoms with Gasteiger partial charge in [0, 0.05) is 7.11 Å². The predicted molar refractivity (Wildman–Crippen MR) is 63.9 cm³/mol. The van der Waals surface area contributed by atoms with Crippen LogP contribution in [-0.2, 0) is 23.7 Å². The minimum absolute atomic E-state index is 0.289. The summed E-state index contributed by atoms with van der Waals surface area (Å²) in [5.41, 5.74) is 0. The number of carbonyl (C=O) groups excluding carboxylic acids is 1. The van der Waals surface area contributed by atoms with E-state index in [-0.39, 0.29) is 12.1 Å². The van der Waals surface area contributed by atoms with Gasteiger partial charge in [0.2, 0.25) is 0 Å². The summed E-state index contributed by atoms with van der Waals surface area (Å²) in [5, 5.41) is 0. The van der Waals surface area contributed by atoms with E-state index in [1.807, 2.05) is 32.9 Å². The van der Waals surface area contributed by atoms with Gasteiger partial charge in [-0.15, -0.1) is 0 Å². The summed E-state index contributed by atoms with van der Waals surface area (Å²) in [6.07, 6.45) is 3.01. The first kappa shape index (κ1) is 13.5. The fraction of sp³-hybridized carbons (Fsp3) is 0.769. The second-order valence-electron chi connectivity index (χ2n) is 4.96. The fourth-order valence-corrected chi connectivity index (χ4v) is 2.36. The van der Waals surface area contributed by atoms with Crippen LogP contribution in [-0.4, -0.2) is 43.3 Å². The van der Waals surface area contributed by atoms with Crippen molar-refractivity contribution in [2.75, 3.05) is 7.11 Å². The molecule has 5 nitrogen and oxygen atoms in total. The number of hydrogen-bond acceptors (Lipinski definition) is 5. The zero-order chi connectivity index (χ0) is 13.3. The Morgan fingerprint density at radius 2 is 2.06 bits per heavy atom. The lowest BCUT2D eigenvalue weighted by Gasteiger charge is -2.41. The van der Waals surface area contributed by atoms with Crippen molar-refractivity contribution in [3.63, 3.8) is 0 Å². The standard InChI is InChI=1S/C13H20O5/c1-5-6-7-8-9-10(18-13(2,3)17-8)11(15-4)12(14)16-9/h6-11H,5H2,1-4H3/b7-6+/t8-,9-,10-,11-/m1/s1. The zero-order valence-electron chi connectivity index (χ0n) is 11.2. The summed E-state index contributed by atoms with van der Waals surface area (Å²) in [6, 6.07) is 0.